The third-order valence-corrected chi connectivity index (χ3v) is 6.82. The van der Waals surface area contributed by atoms with Crippen LogP contribution in [0.3, 0.4) is 0 Å². The molecule has 1 fully saturated rings. The van der Waals surface area contributed by atoms with Gasteiger partial charge in [-0.2, -0.15) is 0 Å². The van der Waals surface area contributed by atoms with Crippen LogP contribution in [0.1, 0.15) is 60.1 Å². The second-order valence-electron chi connectivity index (χ2n) is 8.52. The molecule has 2 aliphatic rings. The van der Waals surface area contributed by atoms with Crippen LogP contribution in [0.2, 0.25) is 0 Å². The number of fused-ring (bicyclic) bond motifs is 3. The van der Waals surface area contributed by atoms with Crippen LogP contribution >= 0.6 is 0 Å². The van der Waals surface area contributed by atoms with Crippen molar-refractivity contribution in [1.29, 1.82) is 0 Å². The maximum absolute atomic E-state index is 12.5. The van der Waals surface area contributed by atoms with Crippen molar-refractivity contribution in [2.75, 3.05) is 19.8 Å². The molecule has 2 amide bonds. The fraction of sp³-hybridized carbons (Fsp3) is 0.565. The van der Waals surface area contributed by atoms with Gasteiger partial charge in [0.1, 0.15) is 0 Å². The normalized spacial score (nSPS) is 22.4. The molecular weight excluding hydrogens is 366 g/mol. The van der Waals surface area contributed by atoms with E-state index in [0.29, 0.717) is 30.4 Å². The van der Waals surface area contributed by atoms with E-state index in [1.54, 1.807) is 6.07 Å². The molecule has 0 radical (unpaired) electrons. The number of aryl methyl sites for hydroxylation is 1. The van der Waals surface area contributed by atoms with E-state index in [2.05, 4.69) is 16.9 Å². The maximum atomic E-state index is 12.5. The standard InChI is InChI=1S/C23H31N3O3/c1-3-25-21(27)13-17-10-16(14-6-8-29-9-7-14)12-19-18-11-15(23(24)28)4-5-20(18)26(2)22(17)19/h4-5,11,14,16-17H,3,6-10,12-13H2,1-2H3,(H2,24,28)(H,25,27). The molecule has 6 nitrogen and oxygen atoms in total. The molecule has 2 atom stereocenters. The molecule has 1 aromatic heterocycles. The summed E-state index contributed by atoms with van der Waals surface area (Å²) in [6, 6.07) is 5.72. The molecule has 1 saturated heterocycles. The number of hydrogen-bond acceptors (Lipinski definition) is 3. The highest BCUT2D eigenvalue weighted by Crippen LogP contribution is 2.45. The first-order valence-corrected chi connectivity index (χ1v) is 10.7. The number of rotatable bonds is 5. The van der Waals surface area contributed by atoms with E-state index in [4.69, 9.17) is 10.5 Å². The van der Waals surface area contributed by atoms with Gasteiger partial charge in [0.15, 0.2) is 0 Å². The Hall–Kier alpha value is -2.34. The Balaban J connectivity index is 1.78. The van der Waals surface area contributed by atoms with Crippen LogP contribution in [-0.4, -0.2) is 36.1 Å². The van der Waals surface area contributed by atoms with Crippen molar-refractivity contribution in [2.45, 2.75) is 44.9 Å². The molecule has 4 rings (SSSR count). The first-order chi connectivity index (χ1) is 14.0. The summed E-state index contributed by atoms with van der Waals surface area (Å²) in [5.41, 5.74) is 9.73. The summed E-state index contributed by atoms with van der Waals surface area (Å²) >= 11 is 0. The highest BCUT2D eigenvalue weighted by atomic mass is 16.5. The summed E-state index contributed by atoms with van der Waals surface area (Å²) in [7, 11) is 2.07. The largest absolute Gasteiger partial charge is 0.381 e. The number of benzene rings is 1. The van der Waals surface area contributed by atoms with Crippen LogP contribution in [0, 0.1) is 11.8 Å². The van der Waals surface area contributed by atoms with Gasteiger partial charge in [-0.1, -0.05) is 0 Å². The predicted octanol–water partition coefficient (Wildman–Crippen LogP) is 2.88. The highest BCUT2D eigenvalue weighted by molar-refractivity contribution is 5.98. The zero-order valence-electron chi connectivity index (χ0n) is 17.4. The lowest BCUT2D eigenvalue weighted by Crippen LogP contribution is -2.32. The Morgan fingerprint density at radius 2 is 2.00 bits per heavy atom. The fourth-order valence-corrected chi connectivity index (χ4v) is 5.47. The zero-order valence-corrected chi connectivity index (χ0v) is 17.4. The minimum Gasteiger partial charge on any atom is -0.381 e. The number of carbonyl (C=O) groups excluding carboxylic acids is 2. The van der Waals surface area contributed by atoms with E-state index in [0.717, 1.165) is 49.8 Å². The van der Waals surface area contributed by atoms with Crippen LogP contribution in [0.4, 0.5) is 0 Å². The number of hydrogen-bond donors (Lipinski definition) is 2. The molecule has 2 aromatic rings. The minimum atomic E-state index is -0.403. The minimum absolute atomic E-state index is 0.110. The van der Waals surface area contributed by atoms with Crippen molar-refractivity contribution in [1.82, 2.24) is 9.88 Å². The molecule has 2 unspecified atom stereocenters. The third-order valence-electron chi connectivity index (χ3n) is 6.82. The van der Waals surface area contributed by atoms with Crippen molar-refractivity contribution in [3.8, 4) is 0 Å². The van der Waals surface area contributed by atoms with Gasteiger partial charge in [-0.3, -0.25) is 9.59 Å². The van der Waals surface area contributed by atoms with Gasteiger partial charge in [-0.05, 0) is 68.2 Å². The van der Waals surface area contributed by atoms with Crippen molar-refractivity contribution in [3.05, 3.63) is 35.0 Å². The van der Waals surface area contributed by atoms with Crippen LogP contribution < -0.4 is 11.1 Å². The summed E-state index contributed by atoms with van der Waals surface area (Å²) in [5.74, 6) is 1.06. The lowest BCUT2D eigenvalue weighted by atomic mass is 9.70. The number of primary amides is 1. The average molecular weight is 398 g/mol. The van der Waals surface area contributed by atoms with Gasteiger partial charge in [0.2, 0.25) is 11.8 Å². The van der Waals surface area contributed by atoms with Gasteiger partial charge in [-0.15, -0.1) is 0 Å². The summed E-state index contributed by atoms with van der Waals surface area (Å²) < 4.78 is 7.80. The van der Waals surface area contributed by atoms with E-state index in [9.17, 15) is 9.59 Å². The van der Waals surface area contributed by atoms with Gasteiger partial charge in [-0.25, -0.2) is 0 Å². The van der Waals surface area contributed by atoms with Crippen LogP contribution in [0.15, 0.2) is 18.2 Å². The number of nitrogens with two attached hydrogens (primary N) is 1. The molecule has 1 aliphatic carbocycles. The molecule has 0 bridgehead atoms. The van der Waals surface area contributed by atoms with Crippen LogP contribution in [0.5, 0.6) is 0 Å². The number of amides is 2. The Bertz CT molecular complexity index is 927. The molecule has 156 valence electrons. The summed E-state index contributed by atoms with van der Waals surface area (Å²) in [6.07, 6.45) is 4.71. The maximum Gasteiger partial charge on any atom is 0.248 e. The molecule has 2 heterocycles. The van der Waals surface area contributed by atoms with Gasteiger partial charge in [0.05, 0.1) is 0 Å². The van der Waals surface area contributed by atoms with E-state index < -0.39 is 5.91 Å². The predicted molar refractivity (Wildman–Crippen MR) is 113 cm³/mol. The number of aromatic nitrogens is 1. The lowest BCUT2D eigenvalue weighted by molar-refractivity contribution is -0.121. The second-order valence-corrected chi connectivity index (χ2v) is 8.52. The van der Waals surface area contributed by atoms with E-state index in [1.165, 1.54) is 11.3 Å². The summed E-state index contributed by atoms with van der Waals surface area (Å²) in [4.78, 5) is 24.2. The summed E-state index contributed by atoms with van der Waals surface area (Å²) in [6.45, 7) is 4.27. The lowest BCUT2D eigenvalue weighted by Gasteiger charge is -2.37. The van der Waals surface area contributed by atoms with Crippen LogP contribution in [-0.2, 0) is 23.0 Å². The Labute approximate surface area is 171 Å². The Morgan fingerprint density at radius 1 is 1.24 bits per heavy atom. The van der Waals surface area contributed by atoms with Crippen molar-refractivity contribution in [2.24, 2.45) is 24.6 Å². The van der Waals surface area contributed by atoms with Crippen molar-refractivity contribution < 1.29 is 14.3 Å². The smallest absolute Gasteiger partial charge is 0.248 e. The van der Waals surface area contributed by atoms with Gasteiger partial charge >= 0.3 is 0 Å². The molecule has 1 aliphatic heterocycles. The molecule has 0 spiro atoms. The van der Waals surface area contributed by atoms with E-state index >= 15 is 0 Å². The number of nitrogens with one attached hydrogen (secondary N) is 1. The quantitative estimate of drug-likeness (QED) is 0.813. The van der Waals surface area contributed by atoms with Gasteiger partial charge in [0, 0.05) is 61.3 Å². The van der Waals surface area contributed by atoms with Gasteiger partial charge in [0.25, 0.3) is 0 Å². The number of nitrogens with zero attached hydrogens (tertiary/aromatic N) is 1. The first kappa shape index (κ1) is 20.0. The average Bonchev–Trinajstić information content (AvgIpc) is 3.01. The Morgan fingerprint density at radius 3 is 2.69 bits per heavy atom. The SMILES string of the molecule is CCNC(=O)CC1CC(C2CCOCC2)Cc2c1n(C)c1ccc(C(N)=O)cc21. The van der Waals surface area contributed by atoms with Crippen molar-refractivity contribution in [3.63, 3.8) is 0 Å². The van der Waals surface area contributed by atoms with E-state index in [-0.39, 0.29) is 11.8 Å². The topological polar surface area (TPSA) is 86.3 Å². The van der Waals surface area contributed by atoms with Crippen molar-refractivity contribution >= 4 is 22.7 Å². The second kappa shape index (κ2) is 8.19. The summed E-state index contributed by atoms with van der Waals surface area (Å²) in [5, 5.41) is 4.07. The Kier molecular flexibility index (Phi) is 5.63. The third kappa shape index (κ3) is 3.78. The zero-order chi connectivity index (χ0) is 20.5. The van der Waals surface area contributed by atoms with Gasteiger partial charge < -0.3 is 20.4 Å². The number of carbonyl (C=O) groups is 2. The molecule has 3 N–H and O–H groups in total. The highest BCUT2D eigenvalue weighted by Gasteiger charge is 2.36. The first-order valence-electron chi connectivity index (χ1n) is 10.7. The number of ether oxygens (including phenoxy) is 1. The molecule has 6 heteroatoms. The monoisotopic (exact) mass is 397 g/mol. The molecule has 0 saturated carbocycles. The fourth-order valence-electron chi connectivity index (χ4n) is 5.47. The molecule has 1 aromatic carbocycles. The molecular formula is C23H31N3O3. The van der Waals surface area contributed by atoms with Crippen LogP contribution in [0.25, 0.3) is 10.9 Å². The molecule has 29 heavy (non-hydrogen) atoms. The van der Waals surface area contributed by atoms with E-state index in [1.807, 2.05) is 19.1 Å².